The van der Waals surface area contributed by atoms with Crippen molar-refractivity contribution in [2.75, 3.05) is 11.8 Å². The van der Waals surface area contributed by atoms with Crippen LogP contribution in [0, 0.1) is 0 Å². The normalized spacial score (nSPS) is 11.2. The Kier molecular flexibility index (Phi) is 4.81. The second kappa shape index (κ2) is 6.26. The molecule has 0 amide bonds. The molecule has 0 saturated heterocycles. The van der Waals surface area contributed by atoms with Crippen molar-refractivity contribution < 1.29 is 17.9 Å². The van der Waals surface area contributed by atoms with Crippen molar-refractivity contribution in [3.63, 3.8) is 0 Å². The van der Waals surface area contributed by atoms with Crippen LogP contribution in [0.5, 0.6) is 0 Å². The van der Waals surface area contributed by atoms with Crippen LogP contribution >= 0.6 is 38.9 Å². The molecule has 0 atom stereocenters. The minimum atomic E-state index is -4.04. The molecule has 7 nitrogen and oxygen atoms in total. The SMILES string of the molecule is COC(=O)c1ncsc1S(=O)(=O)Nc1cc(Br)cnc1Cl. The molecule has 0 aliphatic carbocycles. The van der Waals surface area contributed by atoms with Gasteiger partial charge in [0.15, 0.2) is 15.1 Å². The second-order valence-corrected chi connectivity index (χ2v) is 7.58. The van der Waals surface area contributed by atoms with Crippen molar-refractivity contribution in [2.24, 2.45) is 0 Å². The highest BCUT2D eigenvalue weighted by molar-refractivity contribution is 9.10. The van der Waals surface area contributed by atoms with Gasteiger partial charge in [0.05, 0.1) is 18.3 Å². The predicted molar refractivity (Wildman–Crippen MR) is 81.2 cm³/mol. The summed E-state index contributed by atoms with van der Waals surface area (Å²) in [4.78, 5) is 19.0. The average molecular weight is 413 g/mol. The molecule has 11 heteroatoms. The number of hydrogen-bond acceptors (Lipinski definition) is 7. The molecule has 0 unspecified atom stereocenters. The molecule has 2 aromatic rings. The molecule has 0 radical (unpaired) electrons. The van der Waals surface area contributed by atoms with Crippen LogP contribution in [0.2, 0.25) is 5.15 Å². The Morgan fingerprint density at radius 3 is 2.86 bits per heavy atom. The zero-order chi connectivity index (χ0) is 15.6. The zero-order valence-corrected chi connectivity index (χ0v) is 14.3. The zero-order valence-electron chi connectivity index (χ0n) is 10.3. The maximum Gasteiger partial charge on any atom is 0.358 e. The van der Waals surface area contributed by atoms with Gasteiger partial charge in [-0.25, -0.2) is 23.2 Å². The highest BCUT2D eigenvalue weighted by Crippen LogP contribution is 2.28. The first kappa shape index (κ1) is 16.1. The average Bonchev–Trinajstić information content (AvgIpc) is 2.92. The molecule has 0 aliphatic rings. The Balaban J connectivity index is 2.42. The number of carbonyl (C=O) groups excluding carboxylic acids is 1. The Morgan fingerprint density at radius 1 is 1.48 bits per heavy atom. The lowest BCUT2D eigenvalue weighted by Gasteiger charge is -2.08. The number of esters is 1. The monoisotopic (exact) mass is 411 g/mol. The smallest absolute Gasteiger partial charge is 0.358 e. The van der Waals surface area contributed by atoms with E-state index in [2.05, 4.69) is 35.4 Å². The van der Waals surface area contributed by atoms with Crippen molar-refractivity contribution in [1.29, 1.82) is 0 Å². The largest absolute Gasteiger partial charge is 0.464 e. The summed E-state index contributed by atoms with van der Waals surface area (Å²) in [5.41, 5.74) is 1.03. The fourth-order valence-corrected chi connectivity index (χ4v) is 4.07. The summed E-state index contributed by atoms with van der Waals surface area (Å²) in [6, 6.07) is 1.45. The van der Waals surface area contributed by atoms with Gasteiger partial charge in [0, 0.05) is 10.7 Å². The van der Waals surface area contributed by atoms with E-state index in [1.807, 2.05) is 0 Å². The molecule has 0 aliphatic heterocycles. The highest BCUT2D eigenvalue weighted by atomic mass is 79.9. The molecule has 2 heterocycles. The van der Waals surface area contributed by atoms with E-state index in [0.29, 0.717) is 4.47 Å². The van der Waals surface area contributed by atoms with Crippen molar-refractivity contribution in [2.45, 2.75) is 4.21 Å². The Bertz CT molecular complexity index is 793. The summed E-state index contributed by atoms with van der Waals surface area (Å²) in [6.45, 7) is 0. The summed E-state index contributed by atoms with van der Waals surface area (Å²) in [5.74, 6) is -0.838. The van der Waals surface area contributed by atoms with Gasteiger partial charge in [-0.2, -0.15) is 0 Å². The number of nitrogens with one attached hydrogen (secondary N) is 1. The van der Waals surface area contributed by atoms with Gasteiger partial charge in [0.2, 0.25) is 0 Å². The Labute approximate surface area is 137 Å². The quantitative estimate of drug-likeness (QED) is 0.612. The van der Waals surface area contributed by atoms with Gasteiger partial charge in [-0.05, 0) is 22.0 Å². The first-order chi connectivity index (χ1) is 9.85. The van der Waals surface area contributed by atoms with Crippen molar-refractivity contribution in [3.05, 3.63) is 33.1 Å². The number of aromatic nitrogens is 2. The number of anilines is 1. The third-order valence-electron chi connectivity index (χ3n) is 2.21. The van der Waals surface area contributed by atoms with E-state index in [-0.39, 0.29) is 20.7 Å². The van der Waals surface area contributed by atoms with Gasteiger partial charge < -0.3 is 4.74 Å². The van der Waals surface area contributed by atoms with Gasteiger partial charge in [-0.3, -0.25) is 4.72 Å². The van der Waals surface area contributed by atoms with Gasteiger partial charge >= 0.3 is 5.97 Å². The van der Waals surface area contributed by atoms with Gasteiger partial charge in [0.25, 0.3) is 10.0 Å². The Morgan fingerprint density at radius 2 is 2.19 bits per heavy atom. The molecular formula is C10H7BrClN3O4S2. The van der Waals surface area contributed by atoms with Crippen molar-refractivity contribution in [1.82, 2.24) is 9.97 Å². The second-order valence-electron chi connectivity index (χ2n) is 3.58. The van der Waals surface area contributed by atoms with E-state index >= 15 is 0 Å². The van der Waals surface area contributed by atoms with E-state index in [1.165, 1.54) is 17.8 Å². The molecule has 0 spiro atoms. The number of pyridine rings is 1. The summed E-state index contributed by atoms with van der Waals surface area (Å²) < 4.78 is 31.7. The molecule has 0 bridgehead atoms. The minimum Gasteiger partial charge on any atom is -0.464 e. The number of ether oxygens (including phenoxy) is 1. The number of hydrogen-bond donors (Lipinski definition) is 1. The van der Waals surface area contributed by atoms with Gasteiger partial charge in [-0.1, -0.05) is 11.6 Å². The summed E-state index contributed by atoms with van der Waals surface area (Å²) in [5, 5.41) is -0.0223. The molecule has 21 heavy (non-hydrogen) atoms. The molecular weight excluding hydrogens is 406 g/mol. The molecule has 2 aromatic heterocycles. The van der Waals surface area contributed by atoms with E-state index in [0.717, 1.165) is 18.4 Å². The molecule has 112 valence electrons. The third-order valence-corrected chi connectivity index (χ3v) is 5.68. The van der Waals surface area contributed by atoms with E-state index in [4.69, 9.17) is 11.6 Å². The third kappa shape index (κ3) is 3.51. The number of carbonyl (C=O) groups is 1. The van der Waals surface area contributed by atoms with Crippen molar-refractivity contribution >= 4 is 60.5 Å². The molecule has 0 fully saturated rings. The first-order valence-corrected chi connectivity index (χ1v) is 8.74. The molecule has 0 aromatic carbocycles. The van der Waals surface area contributed by atoms with E-state index in [9.17, 15) is 13.2 Å². The van der Waals surface area contributed by atoms with E-state index in [1.54, 1.807) is 0 Å². The van der Waals surface area contributed by atoms with Crippen LogP contribution < -0.4 is 4.72 Å². The maximum atomic E-state index is 12.3. The van der Waals surface area contributed by atoms with Crippen molar-refractivity contribution in [3.8, 4) is 0 Å². The lowest BCUT2D eigenvalue weighted by atomic mass is 10.4. The van der Waals surface area contributed by atoms with Crippen LogP contribution in [-0.4, -0.2) is 31.5 Å². The van der Waals surface area contributed by atoms with Gasteiger partial charge in [-0.15, -0.1) is 11.3 Å². The lowest BCUT2D eigenvalue weighted by Crippen LogP contribution is -2.16. The maximum absolute atomic E-state index is 12.3. The number of nitrogens with zero attached hydrogens (tertiary/aromatic N) is 2. The van der Waals surface area contributed by atoms with Gasteiger partial charge in [0.1, 0.15) is 0 Å². The molecule has 2 rings (SSSR count). The number of rotatable bonds is 4. The van der Waals surface area contributed by atoms with Crippen LogP contribution in [0.3, 0.4) is 0 Å². The van der Waals surface area contributed by atoms with E-state index < -0.39 is 16.0 Å². The highest BCUT2D eigenvalue weighted by Gasteiger charge is 2.27. The number of sulfonamides is 1. The topological polar surface area (TPSA) is 98.2 Å². The number of methoxy groups -OCH3 is 1. The summed E-state index contributed by atoms with van der Waals surface area (Å²) in [6.07, 6.45) is 1.42. The van der Waals surface area contributed by atoms with Crippen LogP contribution in [0.1, 0.15) is 10.5 Å². The molecule has 1 N–H and O–H groups in total. The summed E-state index contributed by atoms with van der Waals surface area (Å²) in [7, 11) is -2.90. The summed E-state index contributed by atoms with van der Waals surface area (Å²) >= 11 is 9.78. The lowest BCUT2D eigenvalue weighted by molar-refractivity contribution is 0.0590. The standard InChI is InChI=1S/C10H7BrClN3O4S2/c1-19-9(16)7-10(20-4-14-7)21(17,18)15-6-2-5(11)3-13-8(6)12/h2-4,15H,1H3. The minimum absolute atomic E-state index is 0.0223. The fraction of sp³-hybridized carbons (Fsp3) is 0.100. The van der Waals surface area contributed by atoms with Crippen LogP contribution in [0.4, 0.5) is 5.69 Å². The predicted octanol–water partition coefficient (Wildman–Crippen LogP) is 2.54. The number of halogens is 2. The first-order valence-electron chi connectivity index (χ1n) is 5.21. The fourth-order valence-electron chi connectivity index (χ4n) is 1.34. The van der Waals surface area contributed by atoms with Crippen LogP contribution in [0.25, 0.3) is 0 Å². The Hall–Kier alpha value is -1.23. The van der Waals surface area contributed by atoms with Crippen LogP contribution in [-0.2, 0) is 14.8 Å². The number of thiazole rings is 1. The van der Waals surface area contributed by atoms with Crippen LogP contribution in [0.15, 0.2) is 26.5 Å². The molecule has 0 saturated carbocycles.